The molecular formula is C14H18ClNO4. The van der Waals surface area contributed by atoms with Crippen LogP contribution in [0.5, 0.6) is 5.75 Å². The molecule has 0 heterocycles. The van der Waals surface area contributed by atoms with Gasteiger partial charge in [0, 0.05) is 6.04 Å². The van der Waals surface area contributed by atoms with Crippen LogP contribution in [0, 0.1) is 5.92 Å². The maximum Gasteiger partial charge on any atom is 0.305 e. The van der Waals surface area contributed by atoms with E-state index in [1.165, 1.54) is 0 Å². The minimum atomic E-state index is -0.948. The van der Waals surface area contributed by atoms with Gasteiger partial charge in [-0.2, -0.15) is 0 Å². The monoisotopic (exact) mass is 299 g/mol. The summed E-state index contributed by atoms with van der Waals surface area (Å²) < 4.78 is 5.29. The number of hydrogen-bond acceptors (Lipinski definition) is 3. The first-order chi connectivity index (χ1) is 9.40. The van der Waals surface area contributed by atoms with E-state index in [1.807, 2.05) is 13.8 Å². The first-order valence-corrected chi connectivity index (χ1v) is 6.66. The van der Waals surface area contributed by atoms with E-state index in [0.717, 1.165) is 0 Å². The summed E-state index contributed by atoms with van der Waals surface area (Å²) in [5, 5.41) is 11.9. The summed E-state index contributed by atoms with van der Waals surface area (Å²) in [5.74, 6) is -0.875. The summed E-state index contributed by atoms with van der Waals surface area (Å²) in [6.07, 6.45) is -0.116. The van der Waals surface area contributed by atoms with E-state index in [-0.39, 0.29) is 24.9 Å². The topological polar surface area (TPSA) is 75.6 Å². The molecule has 20 heavy (non-hydrogen) atoms. The lowest BCUT2D eigenvalue weighted by atomic mass is 10.0. The molecule has 5 nitrogen and oxygen atoms in total. The molecule has 1 aromatic carbocycles. The van der Waals surface area contributed by atoms with Crippen LogP contribution in [0.1, 0.15) is 20.3 Å². The molecule has 1 atom stereocenters. The number of carboxylic acids is 1. The van der Waals surface area contributed by atoms with Crippen molar-refractivity contribution in [1.29, 1.82) is 0 Å². The predicted octanol–water partition coefficient (Wildman–Crippen LogP) is 2.33. The largest absolute Gasteiger partial charge is 0.482 e. The maximum atomic E-state index is 11.8. The van der Waals surface area contributed by atoms with Crippen LogP contribution in [0.2, 0.25) is 5.02 Å². The number of rotatable bonds is 7. The number of amides is 1. The molecule has 0 aliphatic heterocycles. The van der Waals surface area contributed by atoms with Crippen LogP contribution in [0.15, 0.2) is 24.3 Å². The first kappa shape index (κ1) is 16.3. The van der Waals surface area contributed by atoms with E-state index >= 15 is 0 Å². The van der Waals surface area contributed by atoms with Gasteiger partial charge in [0.2, 0.25) is 0 Å². The van der Waals surface area contributed by atoms with Crippen LogP contribution < -0.4 is 10.1 Å². The fraction of sp³-hybridized carbons (Fsp3) is 0.429. The van der Waals surface area contributed by atoms with Crippen molar-refractivity contribution < 1.29 is 19.4 Å². The molecular weight excluding hydrogens is 282 g/mol. The second kappa shape index (κ2) is 7.75. The molecule has 0 radical (unpaired) electrons. The standard InChI is InChI=1S/C14H18ClNO4/c1-9(2)11(7-14(18)19)16-13(17)8-20-12-6-4-3-5-10(12)15/h3-6,9,11H,7-8H2,1-2H3,(H,16,17)(H,18,19). The van der Waals surface area contributed by atoms with Crippen LogP contribution in [-0.2, 0) is 9.59 Å². The van der Waals surface area contributed by atoms with Crippen molar-refractivity contribution in [3.63, 3.8) is 0 Å². The van der Waals surface area contributed by atoms with Crippen LogP contribution >= 0.6 is 11.6 Å². The second-order valence-corrected chi connectivity index (χ2v) is 5.14. The fourth-order valence-corrected chi connectivity index (χ4v) is 1.79. The van der Waals surface area contributed by atoms with Crippen LogP contribution in [0.25, 0.3) is 0 Å². The highest BCUT2D eigenvalue weighted by Gasteiger charge is 2.19. The maximum absolute atomic E-state index is 11.8. The number of carbonyl (C=O) groups is 2. The Balaban J connectivity index is 2.50. The lowest BCUT2D eigenvalue weighted by Gasteiger charge is -2.20. The van der Waals surface area contributed by atoms with Gasteiger partial charge in [-0.3, -0.25) is 9.59 Å². The minimum absolute atomic E-state index is 0.0235. The van der Waals surface area contributed by atoms with Crippen molar-refractivity contribution in [2.45, 2.75) is 26.3 Å². The Morgan fingerprint density at radius 3 is 2.55 bits per heavy atom. The molecule has 0 aromatic heterocycles. The molecule has 1 unspecified atom stereocenters. The molecule has 110 valence electrons. The summed E-state index contributed by atoms with van der Waals surface area (Å²) in [5.41, 5.74) is 0. The average molecular weight is 300 g/mol. The van der Waals surface area contributed by atoms with E-state index in [9.17, 15) is 9.59 Å². The van der Waals surface area contributed by atoms with Gasteiger partial charge in [0.1, 0.15) is 5.75 Å². The normalized spacial score (nSPS) is 12.0. The Kier molecular flexibility index (Phi) is 6.31. The highest BCUT2D eigenvalue weighted by atomic mass is 35.5. The molecule has 1 rings (SSSR count). The number of nitrogens with one attached hydrogen (secondary N) is 1. The van der Waals surface area contributed by atoms with Gasteiger partial charge in [-0.1, -0.05) is 37.6 Å². The van der Waals surface area contributed by atoms with Crippen LogP contribution in [0.4, 0.5) is 0 Å². The zero-order valence-electron chi connectivity index (χ0n) is 11.4. The molecule has 0 aliphatic carbocycles. The Morgan fingerprint density at radius 2 is 2.00 bits per heavy atom. The van der Waals surface area contributed by atoms with E-state index in [0.29, 0.717) is 10.8 Å². The Hall–Kier alpha value is -1.75. The summed E-state index contributed by atoms with van der Waals surface area (Å²) >= 11 is 5.90. The van der Waals surface area contributed by atoms with Gasteiger partial charge >= 0.3 is 5.97 Å². The second-order valence-electron chi connectivity index (χ2n) is 4.73. The van der Waals surface area contributed by atoms with E-state index < -0.39 is 12.0 Å². The molecule has 0 fully saturated rings. The summed E-state index contributed by atoms with van der Waals surface area (Å²) in [4.78, 5) is 22.5. The van der Waals surface area contributed by atoms with Crippen molar-refractivity contribution in [1.82, 2.24) is 5.32 Å². The van der Waals surface area contributed by atoms with Gasteiger partial charge in [-0.05, 0) is 18.1 Å². The zero-order chi connectivity index (χ0) is 15.1. The number of ether oxygens (including phenoxy) is 1. The third kappa shape index (κ3) is 5.48. The highest BCUT2D eigenvalue weighted by molar-refractivity contribution is 6.32. The van der Waals surface area contributed by atoms with Gasteiger partial charge in [0.25, 0.3) is 5.91 Å². The number of para-hydroxylation sites is 1. The van der Waals surface area contributed by atoms with Crippen LogP contribution in [0.3, 0.4) is 0 Å². The summed E-state index contributed by atoms with van der Waals surface area (Å²) in [7, 11) is 0. The first-order valence-electron chi connectivity index (χ1n) is 6.28. The number of carbonyl (C=O) groups excluding carboxylic acids is 1. The lowest BCUT2D eigenvalue weighted by molar-refractivity contribution is -0.138. The van der Waals surface area contributed by atoms with Crippen LogP contribution in [-0.4, -0.2) is 29.6 Å². The number of aliphatic carboxylic acids is 1. The molecule has 0 aliphatic rings. The average Bonchev–Trinajstić information content (AvgIpc) is 2.36. The molecule has 1 aromatic rings. The minimum Gasteiger partial charge on any atom is -0.482 e. The van der Waals surface area contributed by atoms with E-state index in [4.69, 9.17) is 21.4 Å². The number of carboxylic acid groups (broad SMARTS) is 1. The molecule has 0 spiro atoms. The smallest absolute Gasteiger partial charge is 0.305 e. The quantitative estimate of drug-likeness (QED) is 0.810. The Labute approximate surface area is 122 Å². The number of halogens is 1. The van der Waals surface area contributed by atoms with E-state index in [1.54, 1.807) is 24.3 Å². The third-order valence-electron chi connectivity index (χ3n) is 2.74. The third-order valence-corrected chi connectivity index (χ3v) is 3.05. The molecule has 0 saturated carbocycles. The Bertz CT molecular complexity index is 476. The molecule has 0 bridgehead atoms. The van der Waals surface area contributed by atoms with Gasteiger partial charge in [-0.15, -0.1) is 0 Å². The van der Waals surface area contributed by atoms with Gasteiger partial charge in [0.05, 0.1) is 11.4 Å². The molecule has 0 saturated heterocycles. The summed E-state index contributed by atoms with van der Waals surface area (Å²) in [6, 6.07) is 6.41. The molecule has 6 heteroatoms. The van der Waals surface area contributed by atoms with Crippen molar-refractivity contribution in [2.75, 3.05) is 6.61 Å². The SMILES string of the molecule is CC(C)C(CC(=O)O)NC(=O)COc1ccccc1Cl. The Morgan fingerprint density at radius 1 is 1.35 bits per heavy atom. The van der Waals surface area contributed by atoms with Crippen molar-refractivity contribution in [2.24, 2.45) is 5.92 Å². The van der Waals surface area contributed by atoms with Gasteiger partial charge < -0.3 is 15.2 Å². The van der Waals surface area contributed by atoms with Gasteiger partial charge in [0.15, 0.2) is 6.61 Å². The number of benzene rings is 1. The highest BCUT2D eigenvalue weighted by Crippen LogP contribution is 2.22. The lowest BCUT2D eigenvalue weighted by Crippen LogP contribution is -2.42. The van der Waals surface area contributed by atoms with Gasteiger partial charge in [-0.25, -0.2) is 0 Å². The van der Waals surface area contributed by atoms with E-state index in [2.05, 4.69) is 5.32 Å². The predicted molar refractivity (Wildman–Crippen MR) is 76.0 cm³/mol. The number of hydrogen-bond donors (Lipinski definition) is 2. The molecule has 2 N–H and O–H groups in total. The summed E-state index contributed by atoms with van der Waals surface area (Å²) in [6.45, 7) is 3.50. The van der Waals surface area contributed by atoms with Crippen molar-refractivity contribution in [3.8, 4) is 5.75 Å². The fourth-order valence-electron chi connectivity index (χ4n) is 1.60. The molecule has 1 amide bonds. The van der Waals surface area contributed by atoms with Crippen molar-refractivity contribution >= 4 is 23.5 Å². The van der Waals surface area contributed by atoms with Crippen molar-refractivity contribution in [3.05, 3.63) is 29.3 Å². The zero-order valence-corrected chi connectivity index (χ0v) is 12.2.